The summed E-state index contributed by atoms with van der Waals surface area (Å²) >= 11 is 5.93. The first-order chi connectivity index (χ1) is 11.5. The Labute approximate surface area is 144 Å². The number of hydrogen-bond acceptors (Lipinski definition) is 6. The second-order valence-corrected chi connectivity index (χ2v) is 5.28. The van der Waals surface area contributed by atoms with Crippen molar-refractivity contribution < 1.29 is 23.5 Å². The topological polar surface area (TPSA) is 81.9 Å². The summed E-state index contributed by atoms with van der Waals surface area (Å²) in [5, 5.41) is 0.469. The molecular formula is C16H17ClN2O5. The lowest BCUT2D eigenvalue weighted by Gasteiger charge is -2.21. The normalized spacial score (nSPS) is 10.5. The van der Waals surface area contributed by atoms with Gasteiger partial charge >= 0.3 is 5.97 Å². The van der Waals surface area contributed by atoms with E-state index in [0.717, 1.165) is 0 Å². The molecule has 0 saturated carbocycles. The first kappa shape index (κ1) is 18.0. The van der Waals surface area contributed by atoms with Crippen LogP contribution in [-0.4, -0.2) is 49.1 Å². The average Bonchev–Trinajstić information content (AvgIpc) is 3.05. The van der Waals surface area contributed by atoms with Gasteiger partial charge in [0.15, 0.2) is 5.69 Å². The molecule has 128 valence electrons. The standard InChI is InChI=1S/C16H17ClN2O5/c1-22-7-6-19(15(20)11-4-3-5-12(17)8-11)9-14-18-13(10-24-14)16(21)23-2/h3-5,8,10H,6-7,9H2,1-2H3. The summed E-state index contributed by atoms with van der Waals surface area (Å²) < 4.78 is 14.8. The third-order valence-electron chi connectivity index (χ3n) is 3.20. The zero-order valence-electron chi connectivity index (χ0n) is 13.3. The summed E-state index contributed by atoms with van der Waals surface area (Å²) in [6.45, 7) is 0.764. The van der Waals surface area contributed by atoms with Gasteiger partial charge in [0.05, 0.1) is 20.3 Å². The van der Waals surface area contributed by atoms with Crippen molar-refractivity contribution in [1.82, 2.24) is 9.88 Å². The second-order valence-electron chi connectivity index (χ2n) is 4.85. The molecule has 0 radical (unpaired) electrons. The van der Waals surface area contributed by atoms with E-state index in [0.29, 0.717) is 23.7 Å². The lowest BCUT2D eigenvalue weighted by atomic mass is 10.2. The van der Waals surface area contributed by atoms with Crippen molar-refractivity contribution in [2.75, 3.05) is 27.4 Å². The van der Waals surface area contributed by atoms with Crippen LogP contribution in [0.15, 0.2) is 34.9 Å². The molecule has 0 aliphatic rings. The van der Waals surface area contributed by atoms with Gasteiger partial charge in [-0.1, -0.05) is 17.7 Å². The van der Waals surface area contributed by atoms with Crippen LogP contribution < -0.4 is 0 Å². The number of amides is 1. The highest BCUT2D eigenvalue weighted by molar-refractivity contribution is 6.30. The Morgan fingerprint density at radius 3 is 2.79 bits per heavy atom. The summed E-state index contributed by atoms with van der Waals surface area (Å²) in [6.07, 6.45) is 1.19. The first-order valence-electron chi connectivity index (χ1n) is 7.11. The van der Waals surface area contributed by atoms with Gasteiger partial charge in [-0.05, 0) is 18.2 Å². The molecule has 0 spiro atoms. The Morgan fingerprint density at radius 1 is 1.33 bits per heavy atom. The average molecular weight is 353 g/mol. The van der Waals surface area contributed by atoms with Gasteiger partial charge in [-0.2, -0.15) is 0 Å². The first-order valence-corrected chi connectivity index (χ1v) is 7.49. The van der Waals surface area contributed by atoms with Crippen LogP contribution in [0.2, 0.25) is 5.02 Å². The van der Waals surface area contributed by atoms with Crippen LogP contribution in [0.5, 0.6) is 0 Å². The summed E-state index contributed by atoms with van der Waals surface area (Å²) in [6, 6.07) is 6.64. The molecule has 0 aliphatic carbocycles. The van der Waals surface area contributed by atoms with Gasteiger partial charge in [0.1, 0.15) is 6.26 Å². The fourth-order valence-corrected chi connectivity index (χ4v) is 2.19. The minimum Gasteiger partial charge on any atom is -0.464 e. The molecule has 0 saturated heterocycles. The van der Waals surface area contributed by atoms with Crippen LogP contribution in [0, 0.1) is 0 Å². The number of esters is 1. The summed E-state index contributed by atoms with van der Waals surface area (Å²) in [5.74, 6) is -0.621. The third-order valence-corrected chi connectivity index (χ3v) is 3.43. The van der Waals surface area contributed by atoms with Crippen molar-refractivity contribution in [1.29, 1.82) is 0 Å². The van der Waals surface area contributed by atoms with E-state index in [1.54, 1.807) is 31.4 Å². The SMILES string of the molecule is COCCN(Cc1nc(C(=O)OC)co1)C(=O)c1cccc(Cl)c1. The van der Waals surface area contributed by atoms with Crippen LogP contribution in [0.1, 0.15) is 26.7 Å². The van der Waals surface area contributed by atoms with E-state index in [9.17, 15) is 9.59 Å². The van der Waals surface area contributed by atoms with Gasteiger partial charge in [-0.25, -0.2) is 9.78 Å². The number of carbonyl (C=O) groups is 2. The number of ether oxygens (including phenoxy) is 2. The maximum Gasteiger partial charge on any atom is 0.360 e. The van der Waals surface area contributed by atoms with E-state index in [4.69, 9.17) is 20.8 Å². The number of carbonyl (C=O) groups excluding carboxylic acids is 2. The molecule has 1 aromatic carbocycles. The fraction of sp³-hybridized carbons (Fsp3) is 0.312. The van der Waals surface area contributed by atoms with E-state index in [2.05, 4.69) is 9.72 Å². The van der Waals surface area contributed by atoms with Gasteiger partial charge in [0.25, 0.3) is 5.91 Å². The zero-order chi connectivity index (χ0) is 17.5. The number of aromatic nitrogens is 1. The zero-order valence-corrected chi connectivity index (χ0v) is 14.1. The maximum atomic E-state index is 12.7. The van der Waals surface area contributed by atoms with Crippen molar-refractivity contribution in [3.05, 3.63) is 52.7 Å². The molecule has 0 atom stereocenters. The quantitative estimate of drug-likeness (QED) is 0.712. The van der Waals surface area contributed by atoms with E-state index >= 15 is 0 Å². The predicted octanol–water partition coefficient (Wildman–Crippen LogP) is 2.40. The number of oxazole rings is 1. The van der Waals surface area contributed by atoms with E-state index < -0.39 is 5.97 Å². The molecule has 24 heavy (non-hydrogen) atoms. The molecule has 0 N–H and O–H groups in total. The number of benzene rings is 1. The minimum atomic E-state index is -0.602. The molecule has 1 amide bonds. The Bertz CT molecular complexity index is 716. The van der Waals surface area contributed by atoms with Crippen LogP contribution in [0.4, 0.5) is 0 Å². The van der Waals surface area contributed by atoms with Crippen molar-refractivity contribution in [2.24, 2.45) is 0 Å². The van der Waals surface area contributed by atoms with Gasteiger partial charge in [-0.15, -0.1) is 0 Å². The molecular weight excluding hydrogens is 336 g/mol. The summed E-state index contributed by atoms with van der Waals surface area (Å²) in [4.78, 5) is 29.6. The van der Waals surface area contributed by atoms with E-state index in [-0.39, 0.29) is 24.0 Å². The lowest BCUT2D eigenvalue weighted by molar-refractivity contribution is 0.0594. The van der Waals surface area contributed by atoms with Crippen LogP contribution in [0.25, 0.3) is 0 Å². The second kappa shape index (κ2) is 8.47. The smallest absolute Gasteiger partial charge is 0.360 e. The van der Waals surface area contributed by atoms with Crippen LogP contribution in [-0.2, 0) is 16.0 Å². The van der Waals surface area contributed by atoms with Gasteiger partial charge in [0.2, 0.25) is 5.89 Å². The largest absolute Gasteiger partial charge is 0.464 e. The summed E-state index contributed by atoms with van der Waals surface area (Å²) in [7, 11) is 2.80. The lowest BCUT2D eigenvalue weighted by Crippen LogP contribution is -2.33. The molecule has 0 unspecified atom stereocenters. The molecule has 0 fully saturated rings. The highest BCUT2D eigenvalue weighted by Gasteiger charge is 2.20. The monoisotopic (exact) mass is 352 g/mol. The number of nitrogens with zero attached hydrogens (tertiary/aromatic N) is 2. The Balaban J connectivity index is 2.17. The number of halogens is 1. The van der Waals surface area contributed by atoms with Crippen molar-refractivity contribution in [2.45, 2.75) is 6.54 Å². The van der Waals surface area contributed by atoms with Crippen LogP contribution in [0.3, 0.4) is 0 Å². The van der Waals surface area contributed by atoms with E-state index in [1.807, 2.05) is 0 Å². The minimum absolute atomic E-state index is 0.0504. The fourth-order valence-electron chi connectivity index (χ4n) is 2.00. The Morgan fingerprint density at radius 2 is 2.12 bits per heavy atom. The van der Waals surface area contributed by atoms with Crippen LogP contribution >= 0.6 is 11.6 Å². The molecule has 1 aromatic heterocycles. The maximum absolute atomic E-state index is 12.7. The molecule has 7 nitrogen and oxygen atoms in total. The molecule has 2 aromatic rings. The Hall–Kier alpha value is -2.38. The molecule has 2 rings (SSSR count). The highest BCUT2D eigenvalue weighted by Crippen LogP contribution is 2.15. The predicted molar refractivity (Wildman–Crippen MR) is 85.9 cm³/mol. The number of hydrogen-bond donors (Lipinski definition) is 0. The van der Waals surface area contributed by atoms with Crippen molar-refractivity contribution in [3.8, 4) is 0 Å². The van der Waals surface area contributed by atoms with E-state index in [1.165, 1.54) is 18.3 Å². The molecule has 0 aliphatic heterocycles. The van der Waals surface area contributed by atoms with Crippen molar-refractivity contribution >= 4 is 23.5 Å². The number of methoxy groups -OCH3 is 2. The summed E-state index contributed by atoms with van der Waals surface area (Å²) in [5.41, 5.74) is 0.493. The van der Waals surface area contributed by atoms with Gasteiger partial charge in [-0.3, -0.25) is 4.79 Å². The van der Waals surface area contributed by atoms with Crippen molar-refractivity contribution in [3.63, 3.8) is 0 Å². The molecule has 0 bridgehead atoms. The number of rotatable bonds is 7. The third kappa shape index (κ3) is 4.56. The Kier molecular flexibility index (Phi) is 6.34. The molecule has 8 heteroatoms. The van der Waals surface area contributed by atoms with Gasteiger partial charge < -0.3 is 18.8 Å². The molecule has 1 heterocycles. The highest BCUT2D eigenvalue weighted by atomic mass is 35.5. The van der Waals surface area contributed by atoms with Gasteiger partial charge in [0, 0.05) is 24.2 Å².